The molecule has 0 aliphatic carbocycles. The van der Waals surface area contributed by atoms with Gasteiger partial charge in [0.15, 0.2) is 4.34 Å². The van der Waals surface area contributed by atoms with Crippen molar-refractivity contribution in [2.75, 3.05) is 7.05 Å². The standard InChI is InChI=1S/C11H10N4S2/c1-13-6-8-2-3-10(9(4-8)5-12)17-11-15-14-7-16-11/h2-4,7,13H,6H2,1H3. The molecule has 0 unspecified atom stereocenters. The average Bonchev–Trinajstić information content (AvgIpc) is 2.84. The van der Waals surface area contributed by atoms with Crippen LogP contribution in [0.2, 0.25) is 0 Å². The first-order valence-corrected chi connectivity index (χ1v) is 6.64. The van der Waals surface area contributed by atoms with E-state index in [0.29, 0.717) is 5.56 Å². The van der Waals surface area contributed by atoms with Crippen molar-refractivity contribution in [1.29, 1.82) is 5.26 Å². The Kier molecular flexibility index (Phi) is 4.09. The zero-order valence-electron chi connectivity index (χ0n) is 9.17. The van der Waals surface area contributed by atoms with Gasteiger partial charge in [-0.2, -0.15) is 5.26 Å². The monoisotopic (exact) mass is 262 g/mol. The van der Waals surface area contributed by atoms with E-state index in [0.717, 1.165) is 21.3 Å². The Morgan fingerprint density at radius 3 is 3.06 bits per heavy atom. The van der Waals surface area contributed by atoms with Crippen molar-refractivity contribution in [3.05, 3.63) is 34.8 Å². The number of rotatable bonds is 4. The van der Waals surface area contributed by atoms with Gasteiger partial charge in [-0.05, 0) is 24.7 Å². The average molecular weight is 262 g/mol. The summed E-state index contributed by atoms with van der Waals surface area (Å²) in [5.41, 5.74) is 3.47. The Morgan fingerprint density at radius 1 is 1.53 bits per heavy atom. The summed E-state index contributed by atoms with van der Waals surface area (Å²) >= 11 is 2.94. The quantitative estimate of drug-likeness (QED) is 0.916. The summed E-state index contributed by atoms with van der Waals surface area (Å²) in [6.45, 7) is 0.762. The third-order valence-electron chi connectivity index (χ3n) is 2.08. The predicted molar refractivity (Wildman–Crippen MR) is 68.0 cm³/mol. The largest absolute Gasteiger partial charge is 0.316 e. The summed E-state index contributed by atoms with van der Waals surface area (Å²) in [4.78, 5) is 0.920. The van der Waals surface area contributed by atoms with Crippen LogP contribution in [0.25, 0.3) is 0 Å². The van der Waals surface area contributed by atoms with Crippen LogP contribution < -0.4 is 5.32 Å². The van der Waals surface area contributed by atoms with Crippen molar-refractivity contribution < 1.29 is 0 Å². The van der Waals surface area contributed by atoms with Gasteiger partial charge in [-0.1, -0.05) is 29.2 Å². The summed E-state index contributed by atoms with van der Waals surface area (Å²) in [5.74, 6) is 0. The fraction of sp³-hybridized carbons (Fsp3) is 0.182. The minimum Gasteiger partial charge on any atom is -0.316 e. The maximum Gasteiger partial charge on any atom is 0.178 e. The number of nitrogens with one attached hydrogen (secondary N) is 1. The molecule has 0 aliphatic rings. The molecule has 4 nitrogen and oxygen atoms in total. The van der Waals surface area contributed by atoms with Gasteiger partial charge in [0.2, 0.25) is 0 Å². The fourth-order valence-corrected chi connectivity index (χ4v) is 2.87. The molecule has 6 heteroatoms. The number of hydrogen-bond donors (Lipinski definition) is 1. The van der Waals surface area contributed by atoms with Gasteiger partial charge in [0.1, 0.15) is 11.6 Å². The highest BCUT2D eigenvalue weighted by atomic mass is 32.2. The third kappa shape index (κ3) is 3.03. The summed E-state index contributed by atoms with van der Waals surface area (Å²) in [6, 6.07) is 8.09. The molecule has 1 N–H and O–H groups in total. The van der Waals surface area contributed by atoms with Crippen LogP contribution in [0.1, 0.15) is 11.1 Å². The Hall–Kier alpha value is -1.42. The van der Waals surface area contributed by atoms with E-state index in [1.54, 1.807) is 5.51 Å². The first-order valence-electron chi connectivity index (χ1n) is 4.95. The molecule has 17 heavy (non-hydrogen) atoms. The maximum absolute atomic E-state index is 9.12. The summed E-state index contributed by atoms with van der Waals surface area (Å²) < 4.78 is 0.850. The second-order valence-electron chi connectivity index (χ2n) is 3.28. The molecule has 0 saturated carbocycles. The summed E-state index contributed by atoms with van der Waals surface area (Å²) in [7, 11) is 1.88. The van der Waals surface area contributed by atoms with Crippen LogP contribution >= 0.6 is 23.1 Å². The molecule has 2 aromatic rings. The molecule has 0 bridgehead atoms. The van der Waals surface area contributed by atoms with Gasteiger partial charge in [-0.3, -0.25) is 0 Å². The molecule has 0 fully saturated rings. The third-order valence-corrected chi connectivity index (χ3v) is 3.94. The first-order chi connectivity index (χ1) is 8.33. The number of nitriles is 1. The van der Waals surface area contributed by atoms with Crippen molar-refractivity contribution in [2.45, 2.75) is 15.8 Å². The van der Waals surface area contributed by atoms with E-state index in [-0.39, 0.29) is 0 Å². The number of aromatic nitrogens is 2. The molecule has 0 spiro atoms. The van der Waals surface area contributed by atoms with E-state index in [2.05, 4.69) is 21.6 Å². The molecule has 1 aromatic carbocycles. The maximum atomic E-state index is 9.12. The molecule has 0 amide bonds. The first kappa shape index (κ1) is 12.0. The van der Waals surface area contributed by atoms with Crippen molar-refractivity contribution in [1.82, 2.24) is 15.5 Å². The van der Waals surface area contributed by atoms with E-state index in [1.807, 2.05) is 25.2 Å². The number of hydrogen-bond acceptors (Lipinski definition) is 6. The molecule has 0 atom stereocenters. The molecule has 0 radical (unpaired) electrons. The van der Waals surface area contributed by atoms with Crippen LogP contribution in [0.5, 0.6) is 0 Å². The lowest BCUT2D eigenvalue weighted by Crippen LogP contribution is -2.05. The Morgan fingerprint density at radius 2 is 2.41 bits per heavy atom. The zero-order chi connectivity index (χ0) is 12.1. The van der Waals surface area contributed by atoms with Gasteiger partial charge in [-0.25, -0.2) is 0 Å². The second-order valence-corrected chi connectivity index (χ2v) is 5.40. The van der Waals surface area contributed by atoms with E-state index in [4.69, 9.17) is 5.26 Å². The van der Waals surface area contributed by atoms with Crippen LogP contribution in [0.15, 0.2) is 32.9 Å². The minimum absolute atomic E-state index is 0.679. The van der Waals surface area contributed by atoms with Crippen LogP contribution in [0, 0.1) is 11.3 Å². The van der Waals surface area contributed by atoms with E-state index in [9.17, 15) is 0 Å². The van der Waals surface area contributed by atoms with Gasteiger partial charge < -0.3 is 5.32 Å². The van der Waals surface area contributed by atoms with Crippen LogP contribution in [-0.4, -0.2) is 17.2 Å². The van der Waals surface area contributed by atoms with Crippen molar-refractivity contribution in [2.24, 2.45) is 0 Å². The molecular weight excluding hydrogens is 252 g/mol. The number of nitrogens with zero attached hydrogens (tertiary/aromatic N) is 3. The summed E-state index contributed by atoms with van der Waals surface area (Å²) in [5, 5.41) is 19.9. The molecule has 86 valence electrons. The van der Waals surface area contributed by atoms with Crippen LogP contribution in [0.3, 0.4) is 0 Å². The number of benzene rings is 1. The van der Waals surface area contributed by atoms with E-state index < -0.39 is 0 Å². The molecule has 0 aliphatic heterocycles. The van der Waals surface area contributed by atoms with Crippen LogP contribution in [0.4, 0.5) is 0 Å². The van der Waals surface area contributed by atoms with Gasteiger partial charge in [0.05, 0.1) is 5.56 Å². The smallest absolute Gasteiger partial charge is 0.178 e. The lowest BCUT2D eigenvalue weighted by Gasteiger charge is -2.04. The molecule has 0 saturated heterocycles. The molecule has 2 rings (SSSR count). The van der Waals surface area contributed by atoms with Crippen LogP contribution in [-0.2, 0) is 6.54 Å². The van der Waals surface area contributed by atoms with Gasteiger partial charge in [0, 0.05) is 11.4 Å². The van der Waals surface area contributed by atoms with Crippen molar-refractivity contribution in [3.8, 4) is 6.07 Å². The Bertz CT molecular complexity index is 531. The van der Waals surface area contributed by atoms with E-state index >= 15 is 0 Å². The predicted octanol–water partition coefficient (Wildman–Crippen LogP) is 2.28. The Labute approximate surface area is 108 Å². The SMILES string of the molecule is CNCc1ccc(Sc2nncs2)c(C#N)c1. The lowest BCUT2D eigenvalue weighted by molar-refractivity contribution is 0.816. The summed E-state index contributed by atoms with van der Waals surface area (Å²) in [6.07, 6.45) is 0. The van der Waals surface area contributed by atoms with Gasteiger partial charge >= 0.3 is 0 Å². The highest BCUT2D eigenvalue weighted by molar-refractivity contribution is 8.01. The highest BCUT2D eigenvalue weighted by Crippen LogP contribution is 2.31. The molecule has 1 heterocycles. The minimum atomic E-state index is 0.679. The topological polar surface area (TPSA) is 61.6 Å². The van der Waals surface area contributed by atoms with Gasteiger partial charge in [0.25, 0.3) is 0 Å². The normalized spacial score (nSPS) is 10.1. The van der Waals surface area contributed by atoms with Crippen molar-refractivity contribution >= 4 is 23.1 Å². The molecular formula is C11H10N4S2. The molecule has 1 aromatic heterocycles. The zero-order valence-corrected chi connectivity index (χ0v) is 10.8. The Balaban J connectivity index is 2.25. The van der Waals surface area contributed by atoms with Crippen molar-refractivity contribution in [3.63, 3.8) is 0 Å². The highest BCUT2D eigenvalue weighted by Gasteiger charge is 2.07. The fourth-order valence-electron chi connectivity index (χ4n) is 1.37. The lowest BCUT2D eigenvalue weighted by atomic mass is 10.1. The van der Waals surface area contributed by atoms with Gasteiger partial charge in [-0.15, -0.1) is 10.2 Å². The second kappa shape index (κ2) is 5.77. The van der Waals surface area contributed by atoms with E-state index in [1.165, 1.54) is 23.1 Å².